The molecule has 4 rings (SSSR count). The van der Waals surface area contributed by atoms with Gasteiger partial charge in [-0.05, 0) is 35.4 Å². The normalized spacial score (nSPS) is 16.4. The van der Waals surface area contributed by atoms with Crippen LogP contribution < -0.4 is 14.4 Å². The third kappa shape index (κ3) is 5.48. The lowest BCUT2D eigenvalue weighted by molar-refractivity contribution is -0.132. The number of carbonyl (C=O) groups excluding carboxylic acids is 1. The van der Waals surface area contributed by atoms with Crippen molar-refractivity contribution in [3.63, 3.8) is 0 Å². The number of piperazine rings is 1. The van der Waals surface area contributed by atoms with Crippen molar-refractivity contribution in [2.75, 3.05) is 65.6 Å². The smallest absolute Gasteiger partial charge is 0.236 e. The predicted octanol–water partition coefficient (Wildman–Crippen LogP) is 2.26. The van der Waals surface area contributed by atoms with Gasteiger partial charge in [-0.1, -0.05) is 18.2 Å². The van der Waals surface area contributed by atoms with Crippen molar-refractivity contribution >= 4 is 11.6 Å². The molecule has 2 aliphatic rings. The minimum absolute atomic E-state index is 0.168. The van der Waals surface area contributed by atoms with Gasteiger partial charge in [0, 0.05) is 66.1 Å². The molecule has 1 amide bonds. The van der Waals surface area contributed by atoms with Crippen molar-refractivity contribution in [1.82, 2.24) is 14.7 Å². The highest BCUT2D eigenvalue weighted by atomic mass is 16.7. The third-order valence-electron chi connectivity index (χ3n) is 5.97. The molecule has 2 aromatic rings. The first-order chi connectivity index (χ1) is 15.0. The Bertz CT molecular complexity index is 892. The highest BCUT2D eigenvalue weighted by Gasteiger charge is 2.21. The molecular weight excluding hydrogens is 392 g/mol. The molecule has 0 bridgehead atoms. The van der Waals surface area contributed by atoms with Crippen LogP contribution in [0, 0.1) is 0 Å². The maximum absolute atomic E-state index is 12.7. The van der Waals surface area contributed by atoms with E-state index in [0.717, 1.165) is 55.5 Å². The molecular formula is C24H32N4O3. The van der Waals surface area contributed by atoms with Gasteiger partial charge in [0.15, 0.2) is 11.5 Å². The molecule has 0 radical (unpaired) electrons. The van der Waals surface area contributed by atoms with Crippen molar-refractivity contribution in [1.29, 1.82) is 0 Å². The van der Waals surface area contributed by atoms with E-state index in [0.29, 0.717) is 19.9 Å². The molecule has 0 aromatic heterocycles. The standard InChI is InChI=1S/C24H32N4O3/c1-25(2)21-7-4-19(5-8-21)15-26(3)24(29)17-28-12-10-27(11-13-28)16-20-6-9-22-23(14-20)31-18-30-22/h4-9,14H,10-13,15-18H2,1-3H3. The molecule has 7 nitrogen and oxygen atoms in total. The van der Waals surface area contributed by atoms with Gasteiger partial charge in [0.2, 0.25) is 12.7 Å². The van der Waals surface area contributed by atoms with E-state index in [1.165, 1.54) is 5.56 Å². The summed E-state index contributed by atoms with van der Waals surface area (Å²) >= 11 is 0. The van der Waals surface area contributed by atoms with Gasteiger partial charge in [-0.15, -0.1) is 0 Å². The molecule has 0 atom stereocenters. The predicted molar refractivity (Wildman–Crippen MR) is 122 cm³/mol. The molecule has 0 spiro atoms. The molecule has 2 heterocycles. The van der Waals surface area contributed by atoms with Gasteiger partial charge in [0.25, 0.3) is 0 Å². The lowest BCUT2D eigenvalue weighted by atomic mass is 10.1. The summed E-state index contributed by atoms with van der Waals surface area (Å²) in [6.45, 7) is 6.03. The van der Waals surface area contributed by atoms with Gasteiger partial charge in [-0.25, -0.2) is 0 Å². The average Bonchev–Trinajstić information content (AvgIpc) is 3.23. The molecule has 2 aromatic carbocycles. The first kappa shape index (κ1) is 21.5. The zero-order valence-corrected chi connectivity index (χ0v) is 18.7. The van der Waals surface area contributed by atoms with E-state index in [9.17, 15) is 4.79 Å². The number of rotatable bonds is 7. The van der Waals surface area contributed by atoms with Crippen LogP contribution in [0.2, 0.25) is 0 Å². The zero-order chi connectivity index (χ0) is 21.8. The molecule has 166 valence electrons. The SMILES string of the molecule is CN(Cc1ccc(N(C)C)cc1)C(=O)CN1CCN(Cc2ccc3c(c2)OCO3)CC1. The summed E-state index contributed by atoms with van der Waals surface area (Å²) in [5.74, 6) is 1.83. The van der Waals surface area contributed by atoms with Crippen LogP contribution in [-0.2, 0) is 17.9 Å². The van der Waals surface area contributed by atoms with Gasteiger partial charge >= 0.3 is 0 Å². The van der Waals surface area contributed by atoms with Crippen molar-refractivity contribution in [2.24, 2.45) is 0 Å². The summed E-state index contributed by atoms with van der Waals surface area (Å²) in [4.78, 5) is 21.3. The Labute approximate surface area is 184 Å². The van der Waals surface area contributed by atoms with Crippen molar-refractivity contribution in [3.05, 3.63) is 53.6 Å². The Morgan fingerprint density at radius 3 is 2.23 bits per heavy atom. The van der Waals surface area contributed by atoms with Crippen LogP contribution in [0.3, 0.4) is 0 Å². The number of hydrogen-bond acceptors (Lipinski definition) is 6. The number of carbonyl (C=O) groups is 1. The van der Waals surface area contributed by atoms with E-state index < -0.39 is 0 Å². The number of benzene rings is 2. The Hall–Kier alpha value is -2.77. The highest BCUT2D eigenvalue weighted by molar-refractivity contribution is 5.78. The number of amides is 1. The second-order valence-electron chi connectivity index (χ2n) is 8.55. The van der Waals surface area contributed by atoms with E-state index in [1.807, 2.05) is 32.1 Å². The lowest BCUT2D eigenvalue weighted by Crippen LogP contribution is -2.49. The van der Waals surface area contributed by atoms with E-state index in [2.05, 4.69) is 51.1 Å². The molecule has 0 unspecified atom stereocenters. The molecule has 0 saturated carbocycles. The largest absolute Gasteiger partial charge is 0.454 e. The van der Waals surface area contributed by atoms with Crippen LogP contribution in [0.25, 0.3) is 0 Å². The Kier molecular flexibility index (Phi) is 6.63. The van der Waals surface area contributed by atoms with Crippen LogP contribution in [0.4, 0.5) is 5.69 Å². The Morgan fingerprint density at radius 1 is 0.871 bits per heavy atom. The summed E-state index contributed by atoms with van der Waals surface area (Å²) in [5, 5.41) is 0. The molecule has 0 N–H and O–H groups in total. The molecule has 7 heteroatoms. The van der Waals surface area contributed by atoms with E-state index in [4.69, 9.17) is 9.47 Å². The van der Waals surface area contributed by atoms with Crippen LogP contribution in [0.5, 0.6) is 11.5 Å². The monoisotopic (exact) mass is 424 g/mol. The van der Waals surface area contributed by atoms with Gasteiger partial charge in [-0.2, -0.15) is 0 Å². The highest BCUT2D eigenvalue weighted by Crippen LogP contribution is 2.32. The second kappa shape index (κ2) is 9.58. The van der Waals surface area contributed by atoms with Crippen LogP contribution in [0.15, 0.2) is 42.5 Å². The van der Waals surface area contributed by atoms with Crippen LogP contribution in [-0.4, -0.2) is 81.3 Å². The molecule has 2 aliphatic heterocycles. The molecule has 31 heavy (non-hydrogen) atoms. The van der Waals surface area contributed by atoms with E-state index in [-0.39, 0.29) is 5.91 Å². The van der Waals surface area contributed by atoms with Crippen LogP contribution in [0.1, 0.15) is 11.1 Å². The Morgan fingerprint density at radius 2 is 1.52 bits per heavy atom. The van der Waals surface area contributed by atoms with Gasteiger partial charge in [0.05, 0.1) is 6.54 Å². The number of ether oxygens (including phenoxy) is 2. The average molecular weight is 425 g/mol. The van der Waals surface area contributed by atoms with Gasteiger partial charge in [-0.3, -0.25) is 14.6 Å². The quantitative estimate of drug-likeness (QED) is 0.680. The van der Waals surface area contributed by atoms with Gasteiger partial charge < -0.3 is 19.3 Å². The van der Waals surface area contributed by atoms with Gasteiger partial charge in [0.1, 0.15) is 0 Å². The number of hydrogen-bond donors (Lipinski definition) is 0. The first-order valence-corrected chi connectivity index (χ1v) is 10.8. The minimum atomic E-state index is 0.168. The molecule has 1 saturated heterocycles. The maximum Gasteiger partial charge on any atom is 0.236 e. The summed E-state index contributed by atoms with van der Waals surface area (Å²) in [6.07, 6.45) is 0. The number of nitrogens with zero attached hydrogens (tertiary/aromatic N) is 4. The number of anilines is 1. The minimum Gasteiger partial charge on any atom is -0.454 e. The number of likely N-dealkylation sites (N-methyl/N-ethyl adjacent to an activating group) is 1. The fourth-order valence-corrected chi connectivity index (χ4v) is 3.98. The maximum atomic E-state index is 12.7. The van der Waals surface area contributed by atoms with Crippen molar-refractivity contribution in [3.8, 4) is 11.5 Å². The lowest BCUT2D eigenvalue weighted by Gasteiger charge is -2.35. The van der Waals surface area contributed by atoms with Crippen molar-refractivity contribution in [2.45, 2.75) is 13.1 Å². The summed E-state index contributed by atoms with van der Waals surface area (Å²) < 4.78 is 10.9. The van der Waals surface area contributed by atoms with E-state index in [1.54, 1.807) is 0 Å². The van der Waals surface area contributed by atoms with Crippen LogP contribution >= 0.6 is 0 Å². The topological polar surface area (TPSA) is 48.5 Å². The fourth-order valence-electron chi connectivity index (χ4n) is 3.98. The molecule has 1 fully saturated rings. The second-order valence-corrected chi connectivity index (χ2v) is 8.55. The number of fused-ring (bicyclic) bond motifs is 1. The fraction of sp³-hybridized carbons (Fsp3) is 0.458. The zero-order valence-electron chi connectivity index (χ0n) is 18.7. The summed E-state index contributed by atoms with van der Waals surface area (Å²) in [5.41, 5.74) is 3.54. The van der Waals surface area contributed by atoms with Crippen molar-refractivity contribution < 1.29 is 14.3 Å². The first-order valence-electron chi connectivity index (χ1n) is 10.8. The molecule has 0 aliphatic carbocycles. The van der Waals surface area contributed by atoms with E-state index >= 15 is 0 Å². The summed E-state index contributed by atoms with van der Waals surface area (Å²) in [7, 11) is 5.94. The Balaban J connectivity index is 1.21. The third-order valence-corrected chi connectivity index (χ3v) is 5.97. The summed E-state index contributed by atoms with van der Waals surface area (Å²) in [6, 6.07) is 14.5.